The topological polar surface area (TPSA) is 94.4 Å². The van der Waals surface area contributed by atoms with E-state index in [-0.39, 0.29) is 5.92 Å². The van der Waals surface area contributed by atoms with Crippen LogP contribution in [0.2, 0.25) is 0 Å². The summed E-state index contributed by atoms with van der Waals surface area (Å²) in [5.41, 5.74) is 3.16. The van der Waals surface area contributed by atoms with Crippen LogP contribution in [0, 0.1) is 0 Å². The highest BCUT2D eigenvalue weighted by Crippen LogP contribution is 2.35. The predicted octanol–water partition coefficient (Wildman–Crippen LogP) is 3.58. The molecule has 0 spiro atoms. The lowest BCUT2D eigenvalue weighted by atomic mass is 9.99. The highest BCUT2D eigenvalue weighted by molar-refractivity contribution is 7.92. The summed E-state index contributed by atoms with van der Waals surface area (Å²) in [6.07, 6.45) is 5.14. The van der Waals surface area contributed by atoms with Crippen LogP contribution in [0.15, 0.2) is 58.7 Å². The second kappa shape index (κ2) is 7.36. The van der Waals surface area contributed by atoms with Crippen molar-refractivity contribution in [2.24, 2.45) is 4.99 Å². The summed E-state index contributed by atoms with van der Waals surface area (Å²) < 4.78 is 29.9. The molecule has 1 unspecified atom stereocenters. The van der Waals surface area contributed by atoms with Crippen LogP contribution in [-0.4, -0.2) is 41.9 Å². The van der Waals surface area contributed by atoms with Crippen molar-refractivity contribution in [1.82, 2.24) is 15.0 Å². The van der Waals surface area contributed by atoms with Gasteiger partial charge in [-0.3, -0.25) is 0 Å². The highest BCUT2D eigenvalue weighted by atomic mass is 32.2. The van der Waals surface area contributed by atoms with Crippen LogP contribution in [0.1, 0.15) is 31.0 Å². The molecular weight excluding hydrogens is 388 g/mol. The molecule has 0 bridgehead atoms. The molecule has 1 aliphatic rings. The molecule has 1 atom stereocenters. The first-order valence-electron chi connectivity index (χ1n) is 9.15. The van der Waals surface area contributed by atoms with Crippen LogP contribution in [0.5, 0.6) is 5.88 Å². The third-order valence-electron chi connectivity index (χ3n) is 4.85. The summed E-state index contributed by atoms with van der Waals surface area (Å²) in [7, 11) is -1.74. The number of aliphatic imine (C=N–C) groups is 1. The van der Waals surface area contributed by atoms with Gasteiger partial charge in [-0.1, -0.05) is 12.1 Å². The number of methoxy groups -OCH3 is 1. The summed E-state index contributed by atoms with van der Waals surface area (Å²) in [5, 5.41) is -0.469. The van der Waals surface area contributed by atoms with Gasteiger partial charge in [0.05, 0.1) is 40.8 Å². The van der Waals surface area contributed by atoms with Gasteiger partial charge in [0.2, 0.25) is 5.88 Å². The molecule has 148 valence electrons. The normalized spacial score (nSPS) is 15.5. The third kappa shape index (κ3) is 3.51. The van der Waals surface area contributed by atoms with Crippen molar-refractivity contribution in [3.8, 4) is 17.1 Å². The van der Waals surface area contributed by atoms with E-state index in [9.17, 15) is 8.42 Å². The number of aromatic nitrogens is 3. The molecule has 1 aliphatic heterocycles. The number of fused-ring (bicyclic) bond motifs is 1. The smallest absolute Gasteiger partial charge is 0.213 e. The lowest BCUT2D eigenvalue weighted by molar-refractivity contribution is 0.397. The Kier molecular flexibility index (Phi) is 4.87. The zero-order chi connectivity index (χ0) is 20.6. The quantitative estimate of drug-likeness (QED) is 0.640. The van der Waals surface area contributed by atoms with Crippen molar-refractivity contribution in [2.75, 3.05) is 7.11 Å². The Bertz CT molecular complexity index is 1190. The van der Waals surface area contributed by atoms with E-state index in [4.69, 9.17) is 9.72 Å². The summed E-state index contributed by atoms with van der Waals surface area (Å²) in [6.45, 7) is 3.34. The number of sulfone groups is 1. The van der Waals surface area contributed by atoms with Crippen molar-refractivity contribution in [2.45, 2.75) is 29.9 Å². The fraction of sp³-hybridized carbons (Fsp3) is 0.238. The van der Waals surface area contributed by atoms with Crippen LogP contribution < -0.4 is 4.74 Å². The number of hydrogen-bond donors (Lipinski definition) is 0. The summed E-state index contributed by atoms with van der Waals surface area (Å²) in [4.78, 5) is 18.0. The Labute approximate surface area is 169 Å². The first-order chi connectivity index (χ1) is 13.9. The first kappa shape index (κ1) is 19.2. The number of rotatable bonds is 5. The fourth-order valence-corrected chi connectivity index (χ4v) is 4.18. The van der Waals surface area contributed by atoms with Crippen LogP contribution in [0.3, 0.4) is 0 Å². The Balaban J connectivity index is 1.69. The monoisotopic (exact) mass is 408 g/mol. The Morgan fingerprint density at radius 3 is 2.52 bits per heavy atom. The summed E-state index contributed by atoms with van der Waals surface area (Å²) in [6, 6.07) is 10.5. The fourth-order valence-electron chi connectivity index (χ4n) is 3.12. The van der Waals surface area contributed by atoms with Gasteiger partial charge in [0.25, 0.3) is 0 Å². The molecule has 0 saturated carbocycles. The van der Waals surface area contributed by atoms with Crippen LogP contribution >= 0.6 is 0 Å². The van der Waals surface area contributed by atoms with Gasteiger partial charge >= 0.3 is 0 Å². The van der Waals surface area contributed by atoms with Gasteiger partial charge in [0.1, 0.15) is 0 Å². The van der Waals surface area contributed by atoms with Gasteiger partial charge in [-0.25, -0.2) is 28.4 Å². The van der Waals surface area contributed by atoms with Crippen molar-refractivity contribution in [3.63, 3.8) is 0 Å². The highest BCUT2D eigenvalue weighted by Gasteiger charge is 2.25. The zero-order valence-corrected chi connectivity index (χ0v) is 17.1. The number of pyridine rings is 1. The molecule has 3 heterocycles. The lowest BCUT2D eigenvalue weighted by Crippen LogP contribution is -2.13. The van der Waals surface area contributed by atoms with E-state index in [2.05, 4.69) is 15.0 Å². The largest absolute Gasteiger partial charge is 0.481 e. The van der Waals surface area contributed by atoms with Crippen LogP contribution in [-0.2, 0) is 9.84 Å². The molecule has 1 aromatic carbocycles. The number of nitrogens with zero attached hydrogens (tertiary/aromatic N) is 4. The third-order valence-corrected chi connectivity index (χ3v) is 7.02. The number of ether oxygens (including phenoxy) is 1. The number of benzene rings is 1. The van der Waals surface area contributed by atoms with Gasteiger partial charge in [-0.2, -0.15) is 0 Å². The van der Waals surface area contributed by atoms with Crippen molar-refractivity contribution in [3.05, 3.63) is 60.0 Å². The predicted molar refractivity (Wildman–Crippen MR) is 111 cm³/mol. The summed E-state index contributed by atoms with van der Waals surface area (Å²) in [5.74, 6) is 0.957. The minimum Gasteiger partial charge on any atom is -0.481 e. The van der Waals surface area contributed by atoms with Crippen LogP contribution in [0.4, 0.5) is 5.82 Å². The van der Waals surface area contributed by atoms with E-state index in [0.717, 1.165) is 16.8 Å². The van der Waals surface area contributed by atoms with E-state index in [1.165, 1.54) is 0 Å². The standard InChI is InChI=1S/C21H20N4O3S/c1-13(2)29(26,27)16-6-4-14(5-7-16)18-12-24-21-20(25-18)17(11-23-21)15-8-9-22-19(10-15)28-3/h4-13,17H,1-3H3. The maximum Gasteiger partial charge on any atom is 0.213 e. The minimum absolute atomic E-state index is 0.144. The van der Waals surface area contributed by atoms with Crippen molar-refractivity contribution < 1.29 is 13.2 Å². The maximum atomic E-state index is 12.3. The van der Waals surface area contributed by atoms with Gasteiger partial charge in [0, 0.05) is 24.0 Å². The summed E-state index contributed by atoms with van der Waals surface area (Å²) >= 11 is 0. The second-order valence-electron chi connectivity index (χ2n) is 6.97. The molecule has 2 aromatic heterocycles. The molecule has 7 nitrogen and oxygen atoms in total. The SMILES string of the molecule is COc1cc(C2C=Nc3ncc(-c4ccc(S(=O)(=O)C(C)C)cc4)nc32)ccn1. The Morgan fingerprint density at radius 1 is 1.07 bits per heavy atom. The average Bonchev–Trinajstić information content (AvgIpc) is 3.17. The lowest BCUT2D eigenvalue weighted by Gasteiger charge is -2.11. The molecule has 0 saturated heterocycles. The van der Waals surface area contributed by atoms with E-state index < -0.39 is 15.1 Å². The second-order valence-corrected chi connectivity index (χ2v) is 9.47. The number of hydrogen-bond acceptors (Lipinski definition) is 7. The van der Waals surface area contributed by atoms with Crippen molar-refractivity contribution in [1.29, 1.82) is 0 Å². The molecule has 0 radical (unpaired) electrons. The van der Waals surface area contributed by atoms with E-state index in [1.54, 1.807) is 57.6 Å². The van der Waals surface area contributed by atoms with Gasteiger partial charge in [-0.15, -0.1) is 0 Å². The molecule has 0 amide bonds. The van der Waals surface area contributed by atoms with E-state index in [0.29, 0.717) is 22.3 Å². The Morgan fingerprint density at radius 2 is 1.83 bits per heavy atom. The van der Waals surface area contributed by atoms with Gasteiger partial charge in [0.15, 0.2) is 15.7 Å². The molecule has 8 heteroatoms. The van der Waals surface area contributed by atoms with Crippen LogP contribution in [0.25, 0.3) is 11.3 Å². The average molecular weight is 408 g/mol. The Hall–Kier alpha value is -3.13. The molecule has 29 heavy (non-hydrogen) atoms. The van der Waals surface area contributed by atoms with E-state index >= 15 is 0 Å². The zero-order valence-electron chi connectivity index (χ0n) is 16.3. The molecule has 3 aromatic rings. The molecule has 4 rings (SSSR count). The minimum atomic E-state index is -3.31. The molecular formula is C21H20N4O3S. The van der Waals surface area contributed by atoms with Gasteiger partial charge in [-0.05, 0) is 37.6 Å². The molecule has 0 aliphatic carbocycles. The van der Waals surface area contributed by atoms with E-state index in [1.807, 2.05) is 18.3 Å². The molecule has 0 fully saturated rings. The first-order valence-corrected chi connectivity index (χ1v) is 10.7. The molecule has 0 N–H and O–H groups in total. The van der Waals surface area contributed by atoms with Crippen molar-refractivity contribution >= 4 is 21.9 Å². The maximum absolute atomic E-state index is 12.3. The van der Waals surface area contributed by atoms with Gasteiger partial charge < -0.3 is 4.74 Å².